The van der Waals surface area contributed by atoms with Gasteiger partial charge in [-0.1, -0.05) is 41.4 Å². The number of aryl methyl sites for hydroxylation is 1. The van der Waals surface area contributed by atoms with E-state index in [1.165, 1.54) is 12.0 Å². The minimum atomic E-state index is -0.608. The van der Waals surface area contributed by atoms with Crippen LogP contribution in [-0.2, 0) is 27.3 Å². The zero-order chi connectivity index (χ0) is 23.3. The highest BCUT2D eigenvalue weighted by Gasteiger charge is 2.33. The Bertz CT molecular complexity index is 1070. The van der Waals surface area contributed by atoms with Crippen molar-refractivity contribution in [3.63, 3.8) is 0 Å². The van der Waals surface area contributed by atoms with E-state index in [1.807, 2.05) is 6.07 Å². The molecular weight excluding hydrogens is 455 g/mol. The number of carbonyl (C=O) groups is 3. The molecule has 0 unspecified atom stereocenters. The van der Waals surface area contributed by atoms with Crippen LogP contribution in [0.4, 0.5) is 0 Å². The molecule has 2 N–H and O–H groups in total. The predicted molar refractivity (Wildman–Crippen MR) is 121 cm³/mol. The van der Waals surface area contributed by atoms with Crippen molar-refractivity contribution in [2.45, 2.75) is 19.4 Å². The summed E-state index contributed by atoms with van der Waals surface area (Å²) in [6.07, 6.45) is 1.34. The fourth-order valence-corrected chi connectivity index (χ4v) is 3.62. The summed E-state index contributed by atoms with van der Waals surface area (Å²) in [4.78, 5) is 37.7. The van der Waals surface area contributed by atoms with Crippen LogP contribution in [0, 0.1) is 0 Å². The van der Waals surface area contributed by atoms with Crippen molar-refractivity contribution in [1.82, 2.24) is 10.2 Å². The maximum atomic E-state index is 12.5. The van der Waals surface area contributed by atoms with Gasteiger partial charge in [0.1, 0.15) is 0 Å². The number of benzene rings is 2. The van der Waals surface area contributed by atoms with Gasteiger partial charge in [0, 0.05) is 13.1 Å². The van der Waals surface area contributed by atoms with E-state index in [0.29, 0.717) is 35.0 Å². The standard InChI is InChI=1S/C23H22Cl2N2O5/c1-32-23(31)16-7-4-15(5-8-16)12-27-13-17(20(28)22(27)30)21(29)26-10-2-3-14-6-9-18(24)19(25)11-14/h4-9,11,28H,2-3,10,12-13H2,1H3,(H,26,29). The molecule has 0 atom stereocenters. The number of ether oxygens (including phenoxy) is 1. The number of halogens is 2. The second-order valence-corrected chi connectivity index (χ2v) is 8.10. The van der Waals surface area contributed by atoms with Gasteiger partial charge in [0.25, 0.3) is 11.8 Å². The molecule has 0 bridgehead atoms. The fraction of sp³-hybridized carbons (Fsp3) is 0.261. The largest absolute Gasteiger partial charge is 0.503 e. The molecule has 1 aliphatic rings. The Morgan fingerprint density at radius 1 is 1.09 bits per heavy atom. The first-order valence-electron chi connectivity index (χ1n) is 9.91. The molecule has 9 heteroatoms. The number of methoxy groups -OCH3 is 1. The molecule has 1 heterocycles. The van der Waals surface area contributed by atoms with Crippen LogP contribution in [0.5, 0.6) is 0 Å². The molecule has 0 fully saturated rings. The van der Waals surface area contributed by atoms with Gasteiger partial charge in [0.15, 0.2) is 5.76 Å². The lowest BCUT2D eigenvalue weighted by molar-refractivity contribution is -0.128. The van der Waals surface area contributed by atoms with Crippen molar-refractivity contribution < 1.29 is 24.2 Å². The molecule has 0 saturated carbocycles. The molecule has 0 radical (unpaired) electrons. The van der Waals surface area contributed by atoms with Gasteiger partial charge in [0.05, 0.1) is 34.8 Å². The summed E-state index contributed by atoms with van der Waals surface area (Å²) in [7, 11) is 1.30. The Kier molecular flexibility index (Phi) is 7.77. The molecule has 1 aliphatic heterocycles. The lowest BCUT2D eigenvalue weighted by Gasteiger charge is -2.16. The SMILES string of the molecule is COC(=O)c1ccc(CN2CC(C(=O)NCCCc3ccc(Cl)c(Cl)c3)=C(O)C2=O)cc1. The van der Waals surface area contributed by atoms with E-state index in [0.717, 1.165) is 11.1 Å². The highest BCUT2D eigenvalue weighted by molar-refractivity contribution is 6.42. The molecule has 0 saturated heterocycles. The summed E-state index contributed by atoms with van der Waals surface area (Å²) in [6, 6.07) is 11.9. The van der Waals surface area contributed by atoms with Crippen molar-refractivity contribution in [1.29, 1.82) is 0 Å². The maximum Gasteiger partial charge on any atom is 0.337 e. The molecule has 0 spiro atoms. The van der Waals surface area contributed by atoms with Crippen LogP contribution < -0.4 is 5.32 Å². The maximum absolute atomic E-state index is 12.5. The molecule has 2 aromatic rings. The van der Waals surface area contributed by atoms with Gasteiger partial charge in [0.2, 0.25) is 0 Å². The molecule has 3 rings (SSSR count). The van der Waals surface area contributed by atoms with Crippen LogP contribution >= 0.6 is 23.2 Å². The van der Waals surface area contributed by atoms with E-state index in [-0.39, 0.29) is 18.7 Å². The van der Waals surface area contributed by atoms with Crippen molar-refractivity contribution in [2.24, 2.45) is 0 Å². The first kappa shape index (κ1) is 23.6. The lowest BCUT2D eigenvalue weighted by Crippen LogP contribution is -2.30. The average Bonchev–Trinajstić information content (AvgIpc) is 3.07. The molecule has 2 aromatic carbocycles. The van der Waals surface area contributed by atoms with E-state index in [4.69, 9.17) is 23.2 Å². The highest BCUT2D eigenvalue weighted by atomic mass is 35.5. The second-order valence-electron chi connectivity index (χ2n) is 7.28. The molecule has 7 nitrogen and oxygen atoms in total. The second kappa shape index (κ2) is 10.5. The topological polar surface area (TPSA) is 95.9 Å². The van der Waals surface area contributed by atoms with E-state index in [1.54, 1.807) is 36.4 Å². The van der Waals surface area contributed by atoms with Crippen molar-refractivity contribution in [3.05, 3.63) is 80.5 Å². The first-order valence-corrected chi connectivity index (χ1v) is 10.7. The Balaban J connectivity index is 1.51. The molecule has 2 amide bonds. The third-order valence-corrected chi connectivity index (χ3v) is 5.80. The van der Waals surface area contributed by atoms with Gasteiger partial charge in [-0.05, 0) is 48.2 Å². The number of amides is 2. The van der Waals surface area contributed by atoms with E-state index < -0.39 is 23.5 Å². The molecular formula is C23H22Cl2N2O5. The van der Waals surface area contributed by atoms with Crippen LogP contribution in [-0.4, -0.2) is 48.0 Å². The number of aliphatic hydroxyl groups excluding tert-OH is 1. The number of esters is 1. The third-order valence-electron chi connectivity index (χ3n) is 5.06. The third kappa shape index (κ3) is 5.60. The van der Waals surface area contributed by atoms with E-state index in [9.17, 15) is 19.5 Å². The quantitative estimate of drug-likeness (QED) is 0.447. The number of hydrogen-bond acceptors (Lipinski definition) is 5. The Labute approximate surface area is 195 Å². The predicted octanol–water partition coefficient (Wildman–Crippen LogP) is 3.68. The zero-order valence-corrected chi connectivity index (χ0v) is 18.9. The lowest BCUT2D eigenvalue weighted by atomic mass is 10.1. The summed E-state index contributed by atoms with van der Waals surface area (Å²) in [5, 5.41) is 13.9. The molecule has 32 heavy (non-hydrogen) atoms. The van der Waals surface area contributed by atoms with Gasteiger partial charge in [-0.3, -0.25) is 9.59 Å². The minimum Gasteiger partial charge on any atom is -0.503 e. The van der Waals surface area contributed by atoms with E-state index >= 15 is 0 Å². The van der Waals surface area contributed by atoms with E-state index in [2.05, 4.69) is 10.1 Å². The Morgan fingerprint density at radius 2 is 1.78 bits per heavy atom. The number of hydrogen-bond donors (Lipinski definition) is 2. The number of rotatable bonds is 8. The van der Waals surface area contributed by atoms with Crippen molar-refractivity contribution in [2.75, 3.05) is 20.2 Å². The van der Waals surface area contributed by atoms with Gasteiger partial charge in [-0.2, -0.15) is 0 Å². The van der Waals surface area contributed by atoms with Gasteiger partial charge >= 0.3 is 5.97 Å². The normalized spacial score (nSPS) is 13.5. The van der Waals surface area contributed by atoms with Crippen LogP contribution in [0.25, 0.3) is 0 Å². The Morgan fingerprint density at radius 3 is 2.44 bits per heavy atom. The van der Waals surface area contributed by atoms with Crippen LogP contribution in [0.15, 0.2) is 53.8 Å². The highest BCUT2D eigenvalue weighted by Crippen LogP contribution is 2.23. The summed E-state index contributed by atoms with van der Waals surface area (Å²) >= 11 is 11.9. The molecule has 0 aliphatic carbocycles. The van der Waals surface area contributed by atoms with Crippen molar-refractivity contribution >= 4 is 41.0 Å². The van der Waals surface area contributed by atoms with Crippen LogP contribution in [0.3, 0.4) is 0 Å². The number of carbonyl (C=O) groups excluding carboxylic acids is 3. The van der Waals surface area contributed by atoms with Crippen molar-refractivity contribution in [3.8, 4) is 0 Å². The number of aliphatic hydroxyl groups is 1. The number of nitrogens with one attached hydrogen (secondary N) is 1. The minimum absolute atomic E-state index is 0.00203. The van der Waals surface area contributed by atoms with Gasteiger partial charge < -0.3 is 20.1 Å². The first-order chi connectivity index (χ1) is 15.3. The summed E-state index contributed by atoms with van der Waals surface area (Å²) in [6.45, 7) is 0.569. The average molecular weight is 477 g/mol. The monoisotopic (exact) mass is 476 g/mol. The Hall–Kier alpha value is -3.03. The van der Waals surface area contributed by atoms with Crippen LogP contribution in [0.1, 0.15) is 27.9 Å². The smallest absolute Gasteiger partial charge is 0.337 e. The zero-order valence-electron chi connectivity index (χ0n) is 17.4. The fourth-order valence-electron chi connectivity index (χ4n) is 3.30. The van der Waals surface area contributed by atoms with Gasteiger partial charge in [-0.25, -0.2) is 4.79 Å². The number of nitrogens with zero attached hydrogens (tertiary/aromatic N) is 1. The van der Waals surface area contributed by atoms with Crippen LogP contribution in [0.2, 0.25) is 10.0 Å². The molecule has 0 aromatic heterocycles. The molecule has 168 valence electrons. The van der Waals surface area contributed by atoms with Gasteiger partial charge in [-0.15, -0.1) is 0 Å². The summed E-state index contributed by atoms with van der Waals surface area (Å²) in [5.74, 6) is -2.08. The summed E-state index contributed by atoms with van der Waals surface area (Å²) < 4.78 is 4.66. The summed E-state index contributed by atoms with van der Waals surface area (Å²) in [5.41, 5.74) is 2.18.